The van der Waals surface area contributed by atoms with Gasteiger partial charge < -0.3 is 19.1 Å². The highest BCUT2D eigenvalue weighted by Crippen LogP contribution is 2.38. The molecule has 0 bridgehead atoms. The minimum absolute atomic E-state index is 0.0123. The average molecular weight is 413 g/mol. The maximum absolute atomic E-state index is 13.4. The number of likely N-dealkylation sites (N-methyl/N-ethyl adjacent to an activating group) is 1. The van der Waals surface area contributed by atoms with Gasteiger partial charge in [0.25, 0.3) is 0 Å². The van der Waals surface area contributed by atoms with E-state index in [1.54, 1.807) is 14.2 Å². The first-order valence-electron chi connectivity index (χ1n) is 10.5. The molecule has 1 atom stereocenters. The maximum Gasteiger partial charge on any atom is 0.244 e. The van der Waals surface area contributed by atoms with Crippen molar-refractivity contribution in [3.8, 4) is 17.2 Å². The fraction of sp³-hybridized carbons (Fsp3) is 0.458. The number of amides is 1. The van der Waals surface area contributed by atoms with Gasteiger partial charge in [0.2, 0.25) is 11.7 Å². The van der Waals surface area contributed by atoms with Crippen molar-refractivity contribution in [1.29, 1.82) is 0 Å². The molecule has 6 nitrogen and oxygen atoms in total. The van der Waals surface area contributed by atoms with Crippen LogP contribution in [-0.4, -0.2) is 62.7 Å². The lowest BCUT2D eigenvalue weighted by atomic mass is 10.0. The summed E-state index contributed by atoms with van der Waals surface area (Å²) in [5, 5.41) is 0. The Balaban J connectivity index is 1.67. The third-order valence-electron chi connectivity index (χ3n) is 5.71. The molecular formula is C24H32N2O4. The largest absolute Gasteiger partial charge is 0.493 e. The van der Waals surface area contributed by atoms with Crippen LogP contribution in [0.25, 0.3) is 0 Å². The van der Waals surface area contributed by atoms with Crippen LogP contribution in [0.15, 0.2) is 48.5 Å². The number of methoxy groups -OCH3 is 2. The summed E-state index contributed by atoms with van der Waals surface area (Å²) in [7, 11) is 5.24. The number of para-hydroxylation sites is 1. The Morgan fingerprint density at radius 1 is 1.03 bits per heavy atom. The van der Waals surface area contributed by atoms with Crippen LogP contribution in [0.3, 0.4) is 0 Å². The van der Waals surface area contributed by atoms with Crippen LogP contribution in [0.5, 0.6) is 17.2 Å². The highest BCUT2D eigenvalue weighted by molar-refractivity contribution is 5.83. The molecule has 0 aromatic heterocycles. The van der Waals surface area contributed by atoms with E-state index in [0.717, 1.165) is 24.9 Å². The Labute approximate surface area is 179 Å². The predicted octanol–water partition coefficient (Wildman–Crippen LogP) is 3.77. The number of ether oxygens (including phenoxy) is 3. The summed E-state index contributed by atoms with van der Waals surface area (Å²) < 4.78 is 17.1. The molecule has 30 heavy (non-hydrogen) atoms. The molecule has 1 unspecified atom stereocenters. The number of likely N-dealkylation sites (tertiary alicyclic amines) is 1. The van der Waals surface area contributed by atoms with Crippen molar-refractivity contribution in [2.24, 2.45) is 0 Å². The van der Waals surface area contributed by atoms with E-state index in [0.29, 0.717) is 30.3 Å². The molecule has 0 saturated carbocycles. The van der Waals surface area contributed by atoms with Gasteiger partial charge in [-0.3, -0.25) is 9.69 Å². The number of benzene rings is 2. The molecular weight excluding hydrogens is 380 g/mol. The first-order chi connectivity index (χ1) is 14.6. The van der Waals surface area contributed by atoms with Crippen LogP contribution < -0.4 is 14.2 Å². The van der Waals surface area contributed by atoms with E-state index in [4.69, 9.17) is 14.2 Å². The molecule has 0 radical (unpaired) electrons. The van der Waals surface area contributed by atoms with Crippen molar-refractivity contribution in [1.82, 2.24) is 9.80 Å². The fourth-order valence-corrected chi connectivity index (χ4v) is 3.87. The lowest BCUT2D eigenvalue weighted by Gasteiger charge is -2.37. The van der Waals surface area contributed by atoms with Gasteiger partial charge in [-0.2, -0.15) is 0 Å². The number of hydrogen-bond acceptors (Lipinski definition) is 5. The van der Waals surface area contributed by atoms with Gasteiger partial charge in [-0.1, -0.05) is 43.3 Å². The number of nitrogens with zero attached hydrogens (tertiary/aromatic N) is 2. The molecule has 6 heteroatoms. The molecule has 0 N–H and O–H groups in total. The molecule has 1 saturated heterocycles. The molecule has 1 aliphatic rings. The topological polar surface area (TPSA) is 51.2 Å². The van der Waals surface area contributed by atoms with Gasteiger partial charge in [0, 0.05) is 25.9 Å². The quantitative estimate of drug-likeness (QED) is 0.661. The Morgan fingerprint density at radius 2 is 1.63 bits per heavy atom. The Kier molecular flexibility index (Phi) is 7.57. The average Bonchev–Trinajstić information content (AvgIpc) is 2.80. The zero-order chi connectivity index (χ0) is 21.5. The molecule has 1 amide bonds. The van der Waals surface area contributed by atoms with Crippen molar-refractivity contribution in [3.05, 3.63) is 54.1 Å². The first-order valence-corrected chi connectivity index (χ1v) is 10.5. The Bertz CT molecular complexity index is 797. The van der Waals surface area contributed by atoms with Crippen LogP contribution in [-0.2, 0) is 4.79 Å². The van der Waals surface area contributed by atoms with E-state index in [1.165, 1.54) is 0 Å². The second-order valence-corrected chi connectivity index (χ2v) is 7.52. The molecule has 0 spiro atoms. The number of piperidine rings is 1. The third-order valence-corrected chi connectivity index (χ3v) is 5.71. The molecule has 1 heterocycles. The molecule has 162 valence electrons. The highest BCUT2D eigenvalue weighted by atomic mass is 16.5. The van der Waals surface area contributed by atoms with E-state index in [2.05, 4.69) is 11.8 Å². The van der Waals surface area contributed by atoms with E-state index in [-0.39, 0.29) is 18.1 Å². The normalized spacial score (nSPS) is 15.7. The van der Waals surface area contributed by atoms with Crippen molar-refractivity contribution in [3.63, 3.8) is 0 Å². The first kappa shape index (κ1) is 22.0. The second-order valence-electron chi connectivity index (χ2n) is 7.52. The van der Waals surface area contributed by atoms with Gasteiger partial charge in [-0.15, -0.1) is 0 Å². The summed E-state index contributed by atoms with van der Waals surface area (Å²) >= 11 is 0. The van der Waals surface area contributed by atoms with Crippen LogP contribution in [0.1, 0.15) is 31.4 Å². The van der Waals surface area contributed by atoms with Crippen LogP contribution in [0.4, 0.5) is 0 Å². The standard InChI is InChI=1S/C24H32N2O4/c1-5-25(2)22(18-10-7-6-8-11-18)24(27)26-16-14-19(15-17-26)30-23-20(28-3)12-9-13-21(23)29-4/h6-13,19,22H,5,14-17H2,1-4H3. The number of hydrogen-bond donors (Lipinski definition) is 0. The minimum Gasteiger partial charge on any atom is -0.493 e. The van der Waals surface area contributed by atoms with E-state index in [9.17, 15) is 4.79 Å². The highest BCUT2D eigenvalue weighted by Gasteiger charge is 2.32. The summed E-state index contributed by atoms with van der Waals surface area (Å²) in [6, 6.07) is 15.3. The van der Waals surface area contributed by atoms with E-state index in [1.807, 2.05) is 60.5 Å². The van der Waals surface area contributed by atoms with Gasteiger partial charge in [0.15, 0.2) is 11.5 Å². The van der Waals surface area contributed by atoms with Gasteiger partial charge >= 0.3 is 0 Å². The van der Waals surface area contributed by atoms with Crippen LogP contribution >= 0.6 is 0 Å². The molecule has 2 aromatic rings. The van der Waals surface area contributed by atoms with Crippen molar-refractivity contribution < 1.29 is 19.0 Å². The number of carbonyl (C=O) groups is 1. The summed E-state index contributed by atoms with van der Waals surface area (Å²) in [5.74, 6) is 2.09. The van der Waals surface area contributed by atoms with Gasteiger partial charge in [0.1, 0.15) is 12.1 Å². The summed E-state index contributed by atoms with van der Waals surface area (Å²) in [6.45, 7) is 4.21. The smallest absolute Gasteiger partial charge is 0.244 e. The zero-order valence-corrected chi connectivity index (χ0v) is 18.3. The summed E-state index contributed by atoms with van der Waals surface area (Å²) in [4.78, 5) is 17.4. The van der Waals surface area contributed by atoms with Crippen molar-refractivity contribution in [2.75, 3.05) is 40.9 Å². The molecule has 1 fully saturated rings. The fourth-order valence-electron chi connectivity index (χ4n) is 3.87. The Hall–Kier alpha value is -2.73. The lowest BCUT2D eigenvalue weighted by Crippen LogP contribution is -2.47. The number of carbonyl (C=O) groups excluding carboxylic acids is 1. The third kappa shape index (κ3) is 4.87. The SMILES string of the molecule is CCN(C)C(C(=O)N1CCC(Oc2c(OC)cccc2OC)CC1)c1ccccc1. The molecule has 3 rings (SSSR count). The zero-order valence-electron chi connectivity index (χ0n) is 18.3. The molecule has 0 aliphatic carbocycles. The number of rotatable bonds is 8. The predicted molar refractivity (Wildman–Crippen MR) is 117 cm³/mol. The monoisotopic (exact) mass is 412 g/mol. The van der Waals surface area contributed by atoms with E-state index < -0.39 is 0 Å². The Morgan fingerprint density at radius 3 is 2.17 bits per heavy atom. The summed E-state index contributed by atoms with van der Waals surface area (Å²) in [5.41, 5.74) is 1.03. The summed E-state index contributed by atoms with van der Waals surface area (Å²) in [6.07, 6.45) is 1.55. The van der Waals surface area contributed by atoms with Gasteiger partial charge in [-0.05, 0) is 31.3 Å². The van der Waals surface area contributed by atoms with Crippen molar-refractivity contribution >= 4 is 5.91 Å². The van der Waals surface area contributed by atoms with Gasteiger partial charge in [0.05, 0.1) is 14.2 Å². The minimum atomic E-state index is -0.261. The molecule has 2 aromatic carbocycles. The van der Waals surface area contributed by atoms with Crippen LogP contribution in [0, 0.1) is 0 Å². The maximum atomic E-state index is 13.4. The van der Waals surface area contributed by atoms with Crippen molar-refractivity contribution in [2.45, 2.75) is 31.9 Å². The van der Waals surface area contributed by atoms with E-state index >= 15 is 0 Å². The van der Waals surface area contributed by atoms with Gasteiger partial charge in [-0.25, -0.2) is 0 Å². The van der Waals surface area contributed by atoms with Crippen LogP contribution in [0.2, 0.25) is 0 Å². The second kappa shape index (κ2) is 10.3. The molecule has 1 aliphatic heterocycles. The lowest BCUT2D eigenvalue weighted by molar-refractivity contribution is -0.138.